The minimum Gasteiger partial charge on any atom is -0.395 e. The molecule has 1 saturated heterocycles. The topological polar surface area (TPSA) is 95.3 Å². The van der Waals surface area contributed by atoms with E-state index >= 15 is 0 Å². The highest BCUT2D eigenvalue weighted by atomic mass is 32.2. The summed E-state index contributed by atoms with van der Waals surface area (Å²) in [5.41, 5.74) is -0.680. The normalized spacial score (nSPS) is 26.3. The van der Waals surface area contributed by atoms with Crippen LogP contribution in [0.1, 0.15) is 17.4 Å². The molecule has 1 fully saturated rings. The SMILES string of the molecule is C#CCc1cn([C@@H]2C[C@H](O)[C@@H](CO)S2)c(=O)[nH]c1=O. The highest BCUT2D eigenvalue weighted by molar-refractivity contribution is 8.00. The summed E-state index contributed by atoms with van der Waals surface area (Å²) < 4.78 is 1.36. The number of nitrogens with one attached hydrogen (secondary N) is 1. The van der Waals surface area contributed by atoms with Crippen molar-refractivity contribution in [1.29, 1.82) is 0 Å². The molecular weight excluding hydrogens is 268 g/mol. The maximum Gasteiger partial charge on any atom is 0.329 e. The Bertz CT molecular complexity index is 615. The number of aliphatic hydroxyl groups excluding tert-OH is 2. The van der Waals surface area contributed by atoms with Crippen molar-refractivity contribution in [3.63, 3.8) is 0 Å². The Labute approximate surface area is 113 Å². The van der Waals surface area contributed by atoms with E-state index in [1.165, 1.54) is 22.5 Å². The summed E-state index contributed by atoms with van der Waals surface area (Å²) >= 11 is 1.31. The summed E-state index contributed by atoms with van der Waals surface area (Å²) in [5.74, 6) is 2.36. The van der Waals surface area contributed by atoms with Gasteiger partial charge >= 0.3 is 5.69 Å². The predicted octanol–water partition coefficient (Wildman–Crippen LogP) is -0.930. The molecule has 0 bridgehead atoms. The van der Waals surface area contributed by atoms with Crippen LogP contribution < -0.4 is 11.2 Å². The summed E-state index contributed by atoms with van der Waals surface area (Å²) in [5, 5.41) is 18.2. The van der Waals surface area contributed by atoms with Crippen molar-refractivity contribution in [2.24, 2.45) is 0 Å². The lowest BCUT2D eigenvalue weighted by atomic mass is 10.2. The summed E-state index contributed by atoms with van der Waals surface area (Å²) in [4.78, 5) is 25.5. The molecule has 6 nitrogen and oxygen atoms in total. The first-order valence-corrected chi connectivity index (χ1v) is 6.73. The first-order valence-electron chi connectivity index (χ1n) is 5.79. The van der Waals surface area contributed by atoms with E-state index in [0.717, 1.165) is 0 Å². The van der Waals surface area contributed by atoms with Gasteiger partial charge in [0.2, 0.25) is 0 Å². The van der Waals surface area contributed by atoms with Gasteiger partial charge in [0.1, 0.15) is 0 Å². The first-order chi connectivity index (χ1) is 9.06. The molecule has 1 aliphatic rings. The van der Waals surface area contributed by atoms with E-state index in [4.69, 9.17) is 11.5 Å². The van der Waals surface area contributed by atoms with Gasteiger partial charge in [-0.1, -0.05) is 0 Å². The van der Waals surface area contributed by atoms with Gasteiger partial charge in [-0.25, -0.2) is 4.79 Å². The number of hydrogen-bond donors (Lipinski definition) is 3. The summed E-state index contributed by atoms with van der Waals surface area (Å²) in [6, 6.07) is 0. The van der Waals surface area contributed by atoms with Crippen LogP contribution in [0.5, 0.6) is 0 Å². The van der Waals surface area contributed by atoms with Gasteiger partial charge in [0.15, 0.2) is 0 Å². The van der Waals surface area contributed by atoms with E-state index in [2.05, 4.69) is 10.9 Å². The van der Waals surface area contributed by atoms with Crippen LogP contribution in [0.2, 0.25) is 0 Å². The lowest BCUT2D eigenvalue weighted by Gasteiger charge is -2.13. The zero-order valence-electron chi connectivity index (χ0n) is 10.1. The summed E-state index contributed by atoms with van der Waals surface area (Å²) in [7, 11) is 0. The fraction of sp³-hybridized carbons (Fsp3) is 0.500. The second-order valence-corrected chi connectivity index (χ2v) is 5.74. The number of terminal acetylenes is 1. The third kappa shape index (κ3) is 2.76. The largest absolute Gasteiger partial charge is 0.395 e. The molecule has 1 aliphatic heterocycles. The van der Waals surface area contributed by atoms with Crippen molar-refractivity contribution in [1.82, 2.24) is 9.55 Å². The Morgan fingerprint density at radius 1 is 1.58 bits per heavy atom. The van der Waals surface area contributed by atoms with E-state index in [1.807, 2.05) is 0 Å². The molecule has 2 heterocycles. The number of aliphatic hydroxyl groups is 2. The molecule has 0 unspecified atom stereocenters. The zero-order chi connectivity index (χ0) is 14.0. The average molecular weight is 282 g/mol. The minimum absolute atomic E-state index is 0.138. The quantitative estimate of drug-likeness (QED) is 0.623. The van der Waals surface area contributed by atoms with E-state index in [9.17, 15) is 14.7 Å². The van der Waals surface area contributed by atoms with Gasteiger partial charge in [-0.2, -0.15) is 0 Å². The lowest BCUT2D eigenvalue weighted by molar-refractivity contribution is 0.137. The molecule has 7 heteroatoms. The highest BCUT2D eigenvalue weighted by Crippen LogP contribution is 2.40. The van der Waals surface area contributed by atoms with Gasteiger partial charge in [-0.3, -0.25) is 14.3 Å². The van der Waals surface area contributed by atoms with E-state index in [-0.39, 0.29) is 23.7 Å². The van der Waals surface area contributed by atoms with Crippen LogP contribution in [0.15, 0.2) is 15.8 Å². The van der Waals surface area contributed by atoms with Gasteiger partial charge in [0, 0.05) is 24.6 Å². The molecular formula is C12H14N2O4S. The van der Waals surface area contributed by atoms with Crippen molar-refractivity contribution >= 4 is 11.8 Å². The highest BCUT2D eigenvalue weighted by Gasteiger charge is 2.34. The van der Waals surface area contributed by atoms with Crippen LogP contribution in [-0.4, -0.2) is 37.7 Å². The number of rotatable bonds is 3. The predicted molar refractivity (Wildman–Crippen MR) is 72.0 cm³/mol. The fourth-order valence-corrected chi connectivity index (χ4v) is 3.41. The molecule has 0 radical (unpaired) electrons. The number of H-pyrrole nitrogens is 1. The van der Waals surface area contributed by atoms with Crippen molar-refractivity contribution in [3.8, 4) is 12.3 Å². The third-order valence-corrected chi connectivity index (χ3v) is 4.57. The smallest absolute Gasteiger partial charge is 0.329 e. The number of aromatic nitrogens is 2. The Balaban J connectivity index is 2.36. The van der Waals surface area contributed by atoms with Crippen LogP contribution in [0, 0.1) is 12.3 Å². The van der Waals surface area contributed by atoms with Crippen molar-refractivity contribution in [3.05, 3.63) is 32.6 Å². The maximum absolute atomic E-state index is 11.8. The minimum atomic E-state index is -0.671. The van der Waals surface area contributed by atoms with Gasteiger partial charge in [0.05, 0.1) is 23.3 Å². The van der Waals surface area contributed by atoms with Gasteiger partial charge in [0.25, 0.3) is 5.56 Å². The van der Waals surface area contributed by atoms with Gasteiger partial charge in [-0.05, 0) is 0 Å². The number of thioether (sulfide) groups is 1. The van der Waals surface area contributed by atoms with E-state index < -0.39 is 17.4 Å². The molecule has 1 aromatic heterocycles. The van der Waals surface area contributed by atoms with Crippen LogP contribution in [0.4, 0.5) is 0 Å². The number of aromatic amines is 1. The molecule has 19 heavy (non-hydrogen) atoms. The molecule has 2 rings (SSSR count). The van der Waals surface area contributed by atoms with Gasteiger partial charge in [-0.15, -0.1) is 24.1 Å². The first kappa shape index (κ1) is 13.9. The Hall–Kier alpha value is -1.49. The second kappa shape index (κ2) is 5.65. The Kier molecular flexibility index (Phi) is 4.14. The van der Waals surface area contributed by atoms with Crippen molar-refractivity contribution in [2.75, 3.05) is 6.61 Å². The molecule has 1 aromatic rings. The average Bonchev–Trinajstić information content (AvgIpc) is 2.74. The molecule has 0 aromatic carbocycles. The number of hydrogen-bond acceptors (Lipinski definition) is 5. The van der Waals surface area contributed by atoms with Crippen molar-refractivity contribution in [2.45, 2.75) is 29.6 Å². The Morgan fingerprint density at radius 3 is 2.89 bits per heavy atom. The van der Waals surface area contributed by atoms with Crippen LogP contribution >= 0.6 is 11.8 Å². The van der Waals surface area contributed by atoms with Crippen molar-refractivity contribution < 1.29 is 10.2 Å². The monoisotopic (exact) mass is 282 g/mol. The zero-order valence-corrected chi connectivity index (χ0v) is 10.9. The van der Waals surface area contributed by atoms with E-state index in [0.29, 0.717) is 12.0 Å². The maximum atomic E-state index is 11.8. The summed E-state index contributed by atoms with van der Waals surface area (Å²) in [6.45, 7) is -0.155. The van der Waals surface area contributed by atoms with Crippen LogP contribution in [0.3, 0.4) is 0 Å². The Morgan fingerprint density at radius 2 is 2.32 bits per heavy atom. The summed E-state index contributed by atoms with van der Waals surface area (Å²) in [6.07, 6.45) is 6.41. The second-order valence-electron chi connectivity index (χ2n) is 4.32. The fourth-order valence-electron chi connectivity index (χ4n) is 2.03. The lowest BCUT2D eigenvalue weighted by Crippen LogP contribution is -2.33. The molecule has 102 valence electrons. The van der Waals surface area contributed by atoms with Gasteiger partial charge < -0.3 is 10.2 Å². The molecule has 0 amide bonds. The molecule has 3 N–H and O–H groups in total. The molecule has 0 saturated carbocycles. The molecule has 0 spiro atoms. The third-order valence-electron chi connectivity index (χ3n) is 3.03. The number of nitrogens with zero attached hydrogens (tertiary/aromatic N) is 1. The molecule has 3 atom stereocenters. The standard InChI is InChI=1S/C12H14N2O4S/c1-2-3-7-5-14(12(18)13-11(7)17)10-4-8(16)9(6-15)19-10/h1,5,8-10,15-16H,3-4,6H2,(H,13,17,18)/t8-,9+,10-/m0/s1. The van der Waals surface area contributed by atoms with E-state index in [1.54, 1.807) is 0 Å². The molecule has 0 aliphatic carbocycles. The van der Waals surface area contributed by atoms with Crippen LogP contribution in [0.25, 0.3) is 0 Å². The van der Waals surface area contributed by atoms with Crippen LogP contribution in [-0.2, 0) is 6.42 Å².